The highest BCUT2D eigenvalue weighted by Gasteiger charge is 2.52. The number of rotatable bonds is 6. The Hall–Kier alpha value is -7.12. The van der Waals surface area contributed by atoms with Gasteiger partial charge in [0.2, 0.25) is 5.52 Å². The van der Waals surface area contributed by atoms with Gasteiger partial charge in [-0.15, -0.1) is 21.9 Å². The molecule has 0 N–H and O–H groups in total. The number of benzene rings is 6. The molecular formula is C41H13BF20N2. The van der Waals surface area contributed by atoms with Gasteiger partial charge >= 0.3 is 0 Å². The van der Waals surface area contributed by atoms with E-state index in [1.165, 1.54) is 16.5 Å². The molecule has 0 fully saturated rings. The third-order valence-corrected chi connectivity index (χ3v) is 9.93. The van der Waals surface area contributed by atoms with Crippen molar-refractivity contribution in [3.05, 3.63) is 194 Å². The molecule has 0 atom stereocenters. The fraction of sp³-hybridized carbons (Fsp3) is 0.0244. The lowest BCUT2D eigenvalue weighted by Crippen LogP contribution is -2.81. The van der Waals surface area contributed by atoms with Crippen molar-refractivity contribution < 1.29 is 92.4 Å². The summed E-state index contributed by atoms with van der Waals surface area (Å²) in [5.74, 6) is -71.4. The lowest BCUT2D eigenvalue weighted by Gasteiger charge is -2.44. The molecule has 0 spiro atoms. The first-order valence-electron chi connectivity index (χ1n) is 17.2. The monoisotopic (exact) mass is 924 g/mol. The van der Waals surface area contributed by atoms with E-state index in [1.54, 1.807) is 0 Å². The largest absolute Gasteiger partial charge is 0.212 e. The fourth-order valence-electron chi connectivity index (χ4n) is 7.11. The Morgan fingerprint density at radius 1 is 0.359 bits per heavy atom. The van der Waals surface area contributed by atoms with Crippen molar-refractivity contribution >= 4 is 38.9 Å². The van der Waals surface area contributed by atoms with Gasteiger partial charge in [0.1, 0.15) is 52.7 Å². The molecule has 0 saturated heterocycles. The average Bonchev–Trinajstić information content (AvgIpc) is 3.29. The molecule has 1 aromatic heterocycles. The minimum Gasteiger partial charge on any atom is -0.207 e. The molecule has 7 aromatic rings. The molecule has 0 bridgehead atoms. The summed E-state index contributed by atoms with van der Waals surface area (Å²) < 4.78 is 296. The Balaban J connectivity index is 0.000000295. The summed E-state index contributed by atoms with van der Waals surface area (Å²) in [7, 11) is 0. The summed E-state index contributed by atoms with van der Waals surface area (Å²) in [6.45, 7) is 0.813. The normalized spacial score (nSPS) is 11.5. The maximum atomic E-state index is 15.4. The zero-order valence-electron chi connectivity index (χ0n) is 30.6. The predicted molar refractivity (Wildman–Crippen MR) is 184 cm³/mol. The van der Waals surface area contributed by atoms with Gasteiger partial charge in [0.25, 0.3) is 0 Å². The first kappa shape index (κ1) is 46.4. The zero-order valence-corrected chi connectivity index (χ0v) is 30.6. The van der Waals surface area contributed by atoms with Crippen LogP contribution >= 0.6 is 0 Å². The summed E-state index contributed by atoms with van der Waals surface area (Å²) in [5.41, 5.74) is -11.2. The van der Waals surface area contributed by atoms with Crippen molar-refractivity contribution in [2.24, 2.45) is 0 Å². The predicted octanol–water partition coefficient (Wildman–Crippen LogP) is 8.89. The summed E-state index contributed by atoms with van der Waals surface area (Å²) in [6, 6.07) is 22.4. The van der Waals surface area contributed by atoms with Crippen molar-refractivity contribution in [1.29, 1.82) is 5.26 Å². The minimum absolute atomic E-state index is 0.701. The van der Waals surface area contributed by atoms with Gasteiger partial charge < -0.3 is 0 Å². The molecule has 0 radical (unpaired) electrons. The molecular weight excluding hydrogens is 911 g/mol. The van der Waals surface area contributed by atoms with Crippen LogP contribution in [0.15, 0.2) is 66.9 Å². The molecule has 0 aliphatic rings. The average molecular weight is 924 g/mol. The summed E-state index contributed by atoms with van der Waals surface area (Å²) in [4.78, 5) is 0. The second-order valence-electron chi connectivity index (χ2n) is 13.3. The van der Waals surface area contributed by atoms with E-state index in [-0.39, 0.29) is 0 Å². The van der Waals surface area contributed by atoms with Crippen LogP contribution in [0.1, 0.15) is 11.1 Å². The van der Waals surface area contributed by atoms with Crippen LogP contribution in [0.3, 0.4) is 0 Å². The summed E-state index contributed by atoms with van der Waals surface area (Å²) >= 11 is 0. The number of para-hydroxylation sites is 1. The van der Waals surface area contributed by atoms with Gasteiger partial charge in [-0.2, -0.15) is 9.83 Å². The first-order chi connectivity index (χ1) is 30.1. The van der Waals surface area contributed by atoms with Crippen LogP contribution in [0.5, 0.6) is 0 Å². The molecule has 6 aromatic carbocycles. The standard InChI is InChI=1S/C24BF20.C17H13N2/c26-5-1(6(27)14(35)21(42)13(5)34)25(2-7(28)15(36)22(43)16(37)8(2)29,3-9(30)17(38)23(44)18(39)10(3)31)4-11(32)19(40)24(45)20(41)12(4)33;18-12-14-7-9-15(10-8-14)13-19-11-3-5-16-4-1-2-6-17(16)19/h;1-11H,13H2/q-1;+1. The van der Waals surface area contributed by atoms with E-state index in [2.05, 4.69) is 47.2 Å². The van der Waals surface area contributed by atoms with Crippen molar-refractivity contribution in [2.75, 3.05) is 0 Å². The van der Waals surface area contributed by atoms with Gasteiger partial charge in [-0.3, -0.25) is 0 Å². The van der Waals surface area contributed by atoms with Crippen LogP contribution in [0.25, 0.3) is 10.9 Å². The van der Waals surface area contributed by atoms with E-state index >= 15 is 35.1 Å². The molecule has 0 unspecified atom stereocenters. The van der Waals surface area contributed by atoms with Gasteiger partial charge in [-0.25, -0.2) is 87.8 Å². The van der Waals surface area contributed by atoms with E-state index in [1.807, 2.05) is 30.3 Å². The number of fused-ring (bicyclic) bond motifs is 1. The Kier molecular flexibility index (Phi) is 12.5. The quantitative estimate of drug-likeness (QED) is 0.0539. The van der Waals surface area contributed by atoms with E-state index < -0.39 is 144 Å². The highest BCUT2D eigenvalue weighted by atomic mass is 19.2. The third kappa shape index (κ3) is 7.09. The number of hydrogen-bond donors (Lipinski definition) is 0. The summed E-state index contributed by atoms with van der Waals surface area (Å²) in [6.07, 6.45) is -5.13. The molecule has 2 nitrogen and oxygen atoms in total. The Morgan fingerprint density at radius 3 is 0.953 bits per heavy atom. The van der Waals surface area contributed by atoms with Gasteiger partial charge in [0, 0.05) is 23.1 Å². The van der Waals surface area contributed by atoms with Crippen LogP contribution < -0.4 is 26.4 Å². The smallest absolute Gasteiger partial charge is 0.207 e. The van der Waals surface area contributed by atoms with Crippen LogP contribution in [-0.4, -0.2) is 6.15 Å². The van der Waals surface area contributed by atoms with Crippen LogP contribution in [0.2, 0.25) is 0 Å². The number of hydrogen-bond acceptors (Lipinski definition) is 1. The van der Waals surface area contributed by atoms with Gasteiger partial charge in [0.15, 0.2) is 82.5 Å². The van der Waals surface area contributed by atoms with Crippen LogP contribution in [0, 0.1) is 128 Å². The SMILES string of the molecule is Fc1c(F)c(F)c([B-](c2c(F)c(F)c(F)c(F)c2F)(c2c(F)c(F)c(F)c(F)c2F)c2c(F)c(F)c(F)c(F)c2F)c(F)c1F.N#Cc1ccc(C[n+]2cccc3ccccc32)cc1. The van der Waals surface area contributed by atoms with E-state index in [0.717, 1.165) is 6.54 Å². The van der Waals surface area contributed by atoms with Crippen molar-refractivity contribution in [1.82, 2.24) is 0 Å². The highest BCUT2D eigenvalue weighted by molar-refractivity contribution is 7.20. The summed E-state index contributed by atoms with van der Waals surface area (Å²) in [5, 5.41) is 10.0. The van der Waals surface area contributed by atoms with Crippen molar-refractivity contribution in [3.63, 3.8) is 0 Å². The fourth-order valence-corrected chi connectivity index (χ4v) is 7.11. The van der Waals surface area contributed by atoms with Crippen LogP contribution in [-0.2, 0) is 6.54 Å². The minimum atomic E-state index is -7.22. The lowest BCUT2D eigenvalue weighted by molar-refractivity contribution is -0.662. The van der Waals surface area contributed by atoms with Crippen molar-refractivity contribution in [3.8, 4) is 6.07 Å². The van der Waals surface area contributed by atoms with Crippen LogP contribution in [0.4, 0.5) is 87.8 Å². The first-order valence-corrected chi connectivity index (χ1v) is 17.2. The molecule has 7 rings (SSSR count). The van der Waals surface area contributed by atoms with E-state index in [0.29, 0.717) is 5.56 Å². The Morgan fingerprint density at radius 2 is 0.641 bits per heavy atom. The Labute approximate surface area is 343 Å². The number of aromatic nitrogens is 1. The maximum Gasteiger partial charge on any atom is 0.212 e. The molecule has 23 heteroatoms. The van der Waals surface area contributed by atoms with E-state index in [9.17, 15) is 52.7 Å². The maximum absolute atomic E-state index is 15.4. The van der Waals surface area contributed by atoms with Gasteiger partial charge in [-0.1, -0.05) is 24.3 Å². The molecule has 1 heterocycles. The molecule has 0 aliphatic heterocycles. The highest BCUT2D eigenvalue weighted by Crippen LogP contribution is 2.31. The lowest BCUT2D eigenvalue weighted by atomic mass is 9.12. The van der Waals surface area contributed by atoms with E-state index in [4.69, 9.17) is 5.26 Å². The zero-order chi connectivity index (χ0) is 47.4. The molecule has 330 valence electrons. The van der Waals surface area contributed by atoms with Crippen molar-refractivity contribution in [2.45, 2.75) is 6.54 Å². The topological polar surface area (TPSA) is 27.7 Å². The Bertz CT molecular complexity index is 2710. The second-order valence-corrected chi connectivity index (χ2v) is 13.3. The second kappa shape index (κ2) is 17.2. The van der Waals surface area contributed by atoms with Gasteiger partial charge in [0.05, 0.1) is 11.6 Å². The molecule has 0 amide bonds. The third-order valence-electron chi connectivity index (χ3n) is 9.93. The number of nitriles is 1. The number of halogens is 20. The number of nitrogens with zero attached hydrogens (tertiary/aromatic N) is 2. The van der Waals surface area contributed by atoms with Gasteiger partial charge in [-0.05, 0) is 24.3 Å². The molecule has 0 saturated carbocycles. The molecule has 64 heavy (non-hydrogen) atoms. The molecule has 0 aliphatic carbocycles. The number of pyridine rings is 1.